The normalized spacial score (nSPS) is 24.8. The van der Waals surface area contributed by atoms with Crippen LogP contribution in [0.5, 0.6) is 5.75 Å². The molecule has 2 heterocycles. The molecule has 0 fully saturated rings. The zero-order chi connectivity index (χ0) is 8.67. The predicted molar refractivity (Wildman–Crippen MR) is 45.4 cm³/mol. The van der Waals surface area contributed by atoms with Gasteiger partial charge >= 0.3 is 0 Å². The molecule has 13 heavy (non-hydrogen) atoms. The third-order valence-electron chi connectivity index (χ3n) is 2.39. The molecule has 0 radical (unpaired) electrons. The van der Waals surface area contributed by atoms with E-state index in [0.717, 1.165) is 11.3 Å². The Labute approximate surface area is 76.2 Å². The van der Waals surface area contributed by atoms with Crippen LogP contribution in [-0.4, -0.2) is 13.2 Å². The van der Waals surface area contributed by atoms with Crippen LogP contribution in [0.3, 0.4) is 0 Å². The van der Waals surface area contributed by atoms with E-state index >= 15 is 0 Å². The molecule has 1 unspecified atom stereocenters. The van der Waals surface area contributed by atoms with Gasteiger partial charge < -0.3 is 14.2 Å². The number of benzene rings is 1. The van der Waals surface area contributed by atoms with E-state index in [1.807, 2.05) is 12.1 Å². The van der Waals surface area contributed by atoms with Crippen LogP contribution in [-0.2, 0) is 16.1 Å². The Balaban J connectivity index is 2.16. The van der Waals surface area contributed by atoms with Crippen LogP contribution in [0, 0.1) is 0 Å². The summed E-state index contributed by atoms with van der Waals surface area (Å²) in [4.78, 5) is 0. The summed E-state index contributed by atoms with van der Waals surface area (Å²) in [6.07, 6.45) is -0.200. The first kappa shape index (κ1) is 7.35. The lowest BCUT2D eigenvalue weighted by Gasteiger charge is -2.08. The van der Waals surface area contributed by atoms with E-state index in [4.69, 9.17) is 14.2 Å². The largest absolute Gasteiger partial charge is 0.491 e. The molecule has 1 atom stereocenters. The molecule has 2 aliphatic heterocycles. The molecule has 3 nitrogen and oxygen atoms in total. The highest BCUT2D eigenvalue weighted by molar-refractivity contribution is 5.43. The molecule has 0 spiro atoms. The molecule has 3 heteroatoms. The van der Waals surface area contributed by atoms with Crippen LogP contribution < -0.4 is 4.74 Å². The molecule has 0 saturated carbocycles. The highest BCUT2D eigenvalue weighted by atomic mass is 16.7. The van der Waals surface area contributed by atoms with E-state index in [2.05, 4.69) is 6.07 Å². The van der Waals surface area contributed by atoms with Crippen LogP contribution in [0.2, 0.25) is 0 Å². The average Bonchev–Trinajstić information content (AvgIpc) is 2.44. The van der Waals surface area contributed by atoms with E-state index in [0.29, 0.717) is 19.8 Å². The zero-order valence-electron chi connectivity index (χ0n) is 7.16. The van der Waals surface area contributed by atoms with Crippen molar-refractivity contribution in [2.45, 2.75) is 12.9 Å². The minimum atomic E-state index is -0.200. The molecule has 3 rings (SSSR count). The van der Waals surface area contributed by atoms with E-state index in [9.17, 15) is 0 Å². The van der Waals surface area contributed by atoms with Gasteiger partial charge in [-0.15, -0.1) is 0 Å². The van der Waals surface area contributed by atoms with Crippen molar-refractivity contribution in [3.63, 3.8) is 0 Å². The summed E-state index contributed by atoms with van der Waals surface area (Å²) in [6.45, 7) is 1.84. The van der Waals surface area contributed by atoms with Crippen LogP contribution in [0.4, 0.5) is 0 Å². The Morgan fingerprint density at radius 3 is 3.15 bits per heavy atom. The maximum Gasteiger partial charge on any atom is 0.188 e. The summed E-state index contributed by atoms with van der Waals surface area (Å²) >= 11 is 0. The summed E-state index contributed by atoms with van der Waals surface area (Å²) in [6, 6.07) is 6.01. The summed E-state index contributed by atoms with van der Waals surface area (Å²) in [5.41, 5.74) is 2.27. The fourth-order valence-electron chi connectivity index (χ4n) is 1.80. The summed E-state index contributed by atoms with van der Waals surface area (Å²) in [5.74, 6) is 0.914. The molecule has 0 N–H and O–H groups in total. The molecule has 2 aliphatic rings. The quantitative estimate of drug-likeness (QED) is 0.604. The molecule has 68 valence electrons. The van der Waals surface area contributed by atoms with Gasteiger partial charge in [-0.1, -0.05) is 12.1 Å². The first-order valence-corrected chi connectivity index (χ1v) is 4.43. The van der Waals surface area contributed by atoms with Crippen molar-refractivity contribution in [1.29, 1.82) is 0 Å². The Hall–Kier alpha value is -1.06. The van der Waals surface area contributed by atoms with Crippen LogP contribution >= 0.6 is 0 Å². The molecule has 0 aromatic heterocycles. The maximum absolute atomic E-state index is 5.53. The molecule has 1 aromatic rings. The lowest BCUT2D eigenvalue weighted by atomic mass is 10.1. The fourth-order valence-corrected chi connectivity index (χ4v) is 1.80. The van der Waals surface area contributed by atoms with Gasteiger partial charge in [0, 0.05) is 0 Å². The molecule has 0 saturated heterocycles. The van der Waals surface area contributed by atoms with Crippen LogP contribution in [0.15, 0.2) is 18.2 Å². The Morgan fingerprint density at radius 2 is 2.15 bits per heavy atom. The van der Waals surface area contributed by atoms with Crippen molar-refractivity contribution in [3.8, 4) is 5.75 Å². The molecular formula is C10H10O3. The van der Waals surface area contributed by atoms with E-state index in [-0.39, 0.29) is 6.29 Å². The number of rotatable bonds is 0. The highest BCUT2D eigenvalue weighted by Crippen LogP contribution is 2.39. The Kier molecular flexibility index (Phi) is 1.54. The lowest BCUT2D eigenvalue weighted by Crippen LogP contribution is -2.04. The van der Waals surface area contributed by atoms with Crippen molar-refractivity contribution < 1.29 is 14.2 Å². The van der Waals surface area contributed by atoms with Crippen molar-refractivity contribution >= 4 is 0 Å². The average molecular weight is 178 g/mol. The molecule has 0 bridgehead atoms. The number of ether oxygens (including phenoxy) is 3. The molecular weight excluding hydrogens is 168 g/mol. The first-order valence-electron chi connectivity index (χ1n) is 4.43. The minimum absolute atomic E-state index is 0.200. The molecule has 0 amide bonds. The van der Waals surface area contributed by atoms with E-state index in [1.165, 1.54) is 5.56 Å². The highest BCUT2D eigenvalue weighted by Gasteiger charge is 2.29. The minimum Gasteiger partial charge on any atom is -0.491 e. The molecule has 0 aliphatic carbocycles. The number of hydrogen-bond donors (Lipinski definition) is 0. The SMILES string of the molecule is c1cc2c3c(c1)OCCOC3OC2. The van der Waals surface area contributed by atoms with Crippen molar-refractivity contribution in [3.05, 3.63) is 29.3 Å². The van der Waals surface area contributed by atoms with Gasteiger partial charge in [0.15, 0.2) is 6.29 Å². The Morgan fingerprint density at radius 1 is 1.15 bits per heavy atom. The Bertz CT molecular complexity index is 335. The van der Waals surface area contributed by atoms with E-state index in [1.54, 1.807) is 0 Å². The summed E-state index contributed by atoms with van der Waals surface area (Å²) < 4.78 is 16.5. The zero-order valence-corrected chi connectivity index (χ0v) is 7.16. The van der Waals surface area contributed by atoms with E-state index < -0.39 is 0 Å². The van der Waals surface area contributed by atoms with Gasteiger partial charge in [0.25, 0.3) is 0 Å². The summed E-state index contributed by atoms with van der Waals surface area (Å²) in [5, 5.41) is 0. The van der Waals surface area contributed by atoms with Gasteiger partial charge in [-0.05, 0) is 11.6 Å². The number of hydrogen-bond acceptors (Lipinski definition) is 3. The second-order valence-electron chi connectivity index (χ2n) is 3.19. The second kappa shape index (κ2) is 2.72. The van der Waals surface area contributed by atoms with Gasteiger partial charge in [-0.2, -0.15) is 0 Å². The van der Waals surface area contributed by atoms with Gasteiger partial charge in [0.05, 0.1) is 18.8 Å². The van der Waals surface area contributed by atoms with Crippen LogP contribution in [0.1, 0.15) is 17.4 Å². The van der Waals surface area contributed by atoms with Gasteiger partial charge in [0.2, 0.25) is 0 Å². The van der Waals surface area contributed by atoms with Crippen molar-refractivity contribution in [2.75, 3.05) is 13.2 Å². The topological polar surface area (TPSA) is 27.7 Å². The van der Waals surface area contributed by atoms with Gasteiger partial charge in [0.1, 0.15) is 12.4 Å². The smallest absolute Gasteiger partial charge is 0.188 e. The van der Waals surface area contributed by atoms with Gasteiger partial charge in [-0.3, -0.25) is 0 Å². The fraction of sp³-hybridized carbons (Fsp3) is 0.400. The third-order valence-corrected chi connectivity index (χ3v) is 2.39. The lowest BCUT2D eigenvalue weighted by molar-refractivity contribution is -0.136. The second-order valence-corrected chi connectivity index (χ2v) is 3.19. The van der Waals surface area contributed by atoms with Gasteiger partial charge in [-0.25, -0.2) is 0 Å². The monoisotopic (exact) mass is 178 g/mol. The van der Waals surface area contributed by atoms with Crippen molar-refractivity contribution in [1.82, 2.24) is 0 Å². The summed E-state index contributed by atoms with van der Waals surface area (Å²) in [7, 11) is 0. The standard InChI is InChI=1S/C10H10O3/c1-2-7-6-13-10-9(7)8(3-1)11-4-5-12-10/h1-3,10H,4-6H2. The third kappa shape index (κ3) is 1.04. The van der Waals surface area contributed by atoms with Crippen LogP contribution in [0.25, 0.3) is 0 Å². The predicted octanol–water partition coefficient (Wildman–Crippen LogP) is 1.62. The first-order chi connectivity index (χ1) is 6.45. The maximum atomic E-state index is 5.53. The molecule has 1 aromatic carbocycles. The van der Waals surface area contributed by atoms with Crippen molar-refractivity contribution in [2.24, 2.45) is 0 Å².